The number of ether oxygens (including phenoxy) is 2. The van der Waals surface area contributed by atoms with Crippen molar-refractivity contribution in [3.05, 3.63) is 72.3 Å². The lowest BCUT2D eigenvalue weighted by Crippen LogP contribution is -2.14. The van der Waals surface area contributed by atoms with Gasteiger partial charge in [-0.05, 0) is 35.6 Å². The quantitative estimate of drug-likeness (QED) is 0.620. The van der Waals surface area contributed by atoms with E-state index in [1.54, 1.807) is 30.3 Å². The molecule has 0 N–H and O–H groups in total. The summed E-state index contributed by atoms with van der Waals surface area (Å²) in [6.45, 7) is 3.66. The molecule has 0 bridgehead atoms. The van der Waals surface area contributed by atoms with Crippen molar-refractivity contribution in [3.8, 4) is 17.6 Å². The van der Waals surface area contributed by atoms with Crippen LogP contribution in [0.3, 0.4) is 0 Å². The van der Waals surface area contributed by atoms with Crippen molar-refractivity contribution in [2.75, 3.05) is 0 Å². The van der Waals surface area contributed by atoms with E-state index in [0.717, 1.165) is 6.07 Å². The zero-order valence-corrected chi connectivity index (χ0v) is 15.4. The van der Waals surface area contributed by atoms with E-state index in [9.17, 15) is 18.8 Å². The van der Waals surface area contributed by atoms with Crippen molar-refractivity contribution in [1.82, 2.24) is 0 Å². The lowest BCUT2D eigenvalue weighted by Gasteiger charge is -2.14. The molecule has 6 heteroatoms. The Morgan fingerprint density at radius 1 is 1.25 bits per heavy atom. The second-order valence-electron chi connectivity index (χ2n) is 7.19. The van der Waals surface area contributed by atoms with Gasteiger partial charge in [-0.2, -0.15) is 5.26 Å². The van der Waals surface area contributed by atoms with Crippen molar-refractivity contribution in [2.24, 2.45) is 17.3 Å². The standard InChI is InChI=1S/C22H19F2NO3/c1-22(2)16(10-11-23)20(22)21(26)28-19(13-25)14-8-9-17(24)18(12-14)27-15-6-4-3-5-7-15/h3-12,16,19-20H,1-2H3/b11-10-. The maximum Gasteiger partial charge on any atom is 0.311 e. The summed E-state index contributed by atoms with van der Waals surface area (Å²) in [5, 5.41) is 9.44. The lowest BCUT2D eigenvalue weighted by atomic mass is 10.1. The van der Waals surface area contributed by atoms with Crippen LogP contribution in [-0.2, 0) is 9.53 Å². The number of benzene rings is 2. The highest BCUT2D eigenvalue weighted by Gasteiger charge is 2.61. The van der Waals surface area contributed by atoms with Crippen molar-refractivity contribution in [2.45, 2.75) is 20.0 Å². The van der Waals surface area contributed by atoms with Crippen LogP contribution < -0.4 is 4.74 Å². The molecule has 0 amide bonds. The normalized spacial score (nSPS) is 21.0. The number of hydrogen-bond donors (Lipinski definition) is 0. The Morgan fingerprint density at radius 3 is 2.61 bits per heavy atom. The van der Waals surface area contributed by atoms with Gasteiger partial charge in [0, 0.05) is 5.56 Å². The van der Waals surface area contributed by atoms with Gasteiger partial charge in [-0.25, -0.2) is 8.78 Å². The Kier molecular flexibility index (Phi) is 5.46. The number of esters is 1. The number of nitriles is 1. The summed E-state index contributed by atoms with van der Waals surface area (Å²) < 4.78 is 37.4. The number of para-hydroxylation sites is 1. The first-order chi connectivity index (χ1) is 13.4. The number of nitrogens with zero attached hydrogens (tertiary/aromatic N) is 1. The van der Waals surface area contributed by atoms with Crippen LogP contribution in [-0.4, -0.2) is 5.97 Å². The predicted molar refractivity (Wildman–Crippen MR) is 98.4 cm³/mol. The second kappa shape index (κ2) is 7.81. The van der Waals surface area contributed by atoms with Gasteiger partial charge >= 0.3 is 5.97 Å². The Balaban J connectivity index is 1.77. The Labute approximate surface area is 162 Å². The van der Waals surface area contributed by atoms with Crippen LogP contribution in [0.5, 0.6) is 11.5 Å². The van der Waals surface area contributed by atoms with Crippen molar-refractivity contribution in [3.63, 3.8) is 0 Å². The fourth-order valence-electron chi connectivity index (χ4n) is 3.30. The maximum absolute atomic E-state index is 14.1. The van der Waals surface area contributed by atoms with Gasteiger partial charge in [-0.1, -0.05) is 44.2 Å². The highest BCUT2D eigenvalue weighted by Crippen LogP contribution is 2.59. The molecule has 144 valence electrons. The predicted octanol–water partition coefficient (Wildman–Crippen LogP) is 5.48. The maximum atomic E-state index is 14.1. The molecule has 2 aromatic carbocycles. The molecule has 0 heterocycles. The first kappa shape index (κ1) is 19.6. The van der Waals surface area contributed by atoms with Gasteiger partial charge in [0.25, 0.3) is 0 Å². The summed E-state index contributed by atoms with van der Waals surface area (Å²) in [7, 11) is 0. The number of carbonyl (C=O) groups is 1. The van der Waals surface area contributed by atoms with Crippen molar-refractivity contribution >= 4 is 5.97 Å². The molecule has 3 atom stereocenters. The molecule has 0 saturated heterocycles. The van der Waals surface area contributed by atoms with Crippen LogP contribution in [0.15, 0.2) is 60.9 Å². The summed E-state index contributed by atoms with van der Waals surface area (Å²) in [6.07, 6.45) is 0.503. The van der Waals surface area contributed by atoms with Crippen molar-refractivity contribution in [1.29, 1.82) is 5.26 Å². The third-order valence-corrected chi connectivity index (χ3v) is 5.02. The van der Waals surface area contributed by atoms with Crippen LogP contribution >= 0.6 is 0 Å². The molecule has 3 rings (SSSR count). The average Bonchev–Trinajstić information content (AvgIpc) is 3.23. The third kappa shape index (κ3) is 3.89. The first-order valence-corrected chi connectivity index (χ1v) is 8.78. The summed E-state index contributed by atoms with van der Waals surface area (Å²) in [6, 6.07) is 14.4. The number of hydrogen-bond acceptors (Lipinski definition) is 4. The van der Waals surface area contributed by atoms with Gasteiger partial charge in [-0.3, -0.25) is 4.79 Å². The molecular weight excluding hydrogens is 364 g/mol. The fourth-order valence-corrected chi connectivity index (χ4v) is 3.30. The van der Waals surface area contributed by atoms with E-state index in [-0.39, 0.29) is 11.7 Å². The topological polar surface area (TPSA) is 59.3 Å². The van der Waals surface area contributed by atoms with Crippen molar-refractivity contribution < 1.29 is 23.0 Å². The molecule has 2 aromatic rings. The number of carbonyl (C=O) groups excluding carboxylic acids is 1. The Bertz CT molecular complexity index is 935. The molecule has 3 unspecified atom stereocenters. The van der Waals surface area contributed by atoms with E-state index in [2.05, 4.69) is 0 Å². The molecule has 1 fully saturated rings. The molecule has 1 saturated carbocycles. The molecule has 0 aromatic heterocycles. The molecule has 0 aliphatic heterocycles. The minimum absolute atomic E-state index is 0.0787. The molecule has 0 radical (unpaired) electrons. The lowest BCUT2D eigenvalue weighted by molar-refractivity contribution is -0.149. The number of rotatable bonds is 6. The molecular formula is C22H19F2NO3. The van der Waals surface area contributed by atoms with Gasteiger partial charge in [0.2, 0.25) is 6.10 Å². The first-order valence-electron chi connectivity index (χ1n) is 8.78. The van der Waals surface area contributed by atoms with Crippen LogP contribution in [0.25, 0.3) is 0 Å². The minimum Gasteiger partial charge on any atom is -0.454 e. The van der Waals surface area contributed by atoms with Crippen LogP contribution in [0, 0.1) is 34.4 Å². The van der Waals surface area contributed by atoms with Gasteiger partial charge in [-0.15, -0.1) is 0 Å². The van der Waals surface area contributed by atoms with E-state index in [1.165, 1.54) is 18.2 Å². The third-order valence-electron chi connectivity index (χ3n) is 5.02. The summed E-state index contributed by atoms with van der Waals surface area (Å²) in [5.41, 5.74) is -0.149. The Hall–Kier alpha value is -3.20. The van der Waals surface area contributed by atoms with E-state index >= 15 is 0 Å². The van der Waals surface area contributed by atoms with Gasteiger partial charge in [0.05, 0.1) is 12.2 Å². The molecule has 1 aliphatic carbocycles. The summed E-state index contributed by atoms with van der Waals surface area (Å²) in [4.78, 5) is 12.5. The van der Waals surface area contributed by atoms with Crippen LogP contribution in [0.4, 0.5) is 8.78 Å². The van der Waals surface area contributed by atoms with Crippen LogP contribution in [0.2, 0.25) is 0 Å². The van der Waals surface area contributed by atoms with Crippen LogP contribution in [0.1, 0.15) is 25.5 Å². The zero-order valence-electron chi connectivity index (χ0n) is 15.4. The monoisotopic (exact) mass is 383 g/mol. The average molecular weight is 383 g/mol. The van der Waals surface area contributed by atoms with E-state index < -0.39 is 29.2 Å². The summed E-state index contributed by atoms with van der Waals surface area (Å²) in [5.74, 6) is -1.65. The van der Waals surface area contributed by atoms with E-state index in [4.69, 9.17) is 9.47 Å². The smallest absolute Gasteiger partial charge is 0.311 e. The fraction of sp³-hybridized carbons (Fsp3) is 0.273. The molecule has 28 heavy (non-hydrogen) atoms. The minimum atomic E-state index is -1.22. The molecule has 1 aliphatic rings. The molecule has 4 nitrogen and oxygen atoms in total. The summed E-state index contributed by atoms with van der Waals surface area (Å²) >= 11 is 0. The SMILES string of the molecule is CC1(C)C(/C=C\F)C1C(=O)OC(C#N)c1ccc(F)c(Oc2ccccc2)c1. The van der Waals surface area contributed by atoms with E-state index in [1.807, 2.05) is 19.9 Å². The zero-order chi connectivity index (χ0) is 20.3. The van der Waals surface area contributed by atoms with E-state index in [0.29, 0.717) is 17.6 Å². The largest absolute Gasteiger partial charge is 0.454 e. The second-order valence-corrected chi connectivity index (χ2v) is 7.19. The number of halogens is 2. The number of allylic oxidation sites excluding steroid dienone is 1. The Morgan fingerprint density at radius 2 is 1.96 bits per heavy atom. The highest BCUT2D eigenvalue weighted by atomic mass is 19.1. The highest BCUT2D eigenvalue weighted by molar-refractivity contribution is 5.78. The van der Waals surface area contributed by atoms with Gasteiger partial charge in [0.15, 0.2) is 11.6 Å². The van der Waals surface area contributed by atoms with Gasteiger partial charge < -0.3 is 9.47 Å². The van der Waals surface area contributed by atoms with Gasteiger partial charge in [0.1, 0.15) is 11.8 Å². The molecule has 0 spiro atoms.